The molecule has 1 aliphatic heterocycles. The SMILES string of the molecule is COc1ccc2cc([C@H](c3nnnn3Cc3ccccc3)N3CCN(c4ccc(F)cc4)CC3)c(=O)[nH]c2c1. The number of piperazine rings is 1. The number of aromatic amines is 1. The van der Waals surface area contributed by atoms with E-state index in [2.05, 4.69) is 30.3 Å². The second-order valence-electron chi connectivity index (χ2n) is 9.59. The van der Waals surface area contributed by atoms with Crippen molar-refractivity contribution in [2.45, 2.75) is 12.6 Å². The molecule has 5 aromatic rings. The fraction of sp³-hybridized carbons (Fsp3) is 0.241. The van der Waals surface area contributed by atoms with Crippen molar-refractivity contribution in [2.24, 2.45) is 0 Å². The van der Waals surface area contributed by atoms with Crippen molar-refractivity contribution >= 4 is 16.6 Å². The second kappa shape index (κ2) is 10.7. The van der Waals surface area contributed by atoms with Crippen molar-refractivity contribution in [3.8, 4) is 5.75 Å². The number of benzene rings is 3. The molecule has 0 bridgehead atoms. The first kappa shape index (κ1) is 24.7. The highest BCUT2D eigenvalue weighted by Gasteiger charge is 2.33. The average Bonchev–Trinajstić information content (AvgIpc) is 3.42. The Balaban J connectivity index is 1.38. The highest BCUT2D eigenvalue weighted by molar-refractivity contribution is 5.80. The third kappa shape index (κ3) is 5.10. The van der Waals surface area contributed by atoms with Gasteiger partial charge < -0.3 is 14.6 Å². The van der Waals surface area contributed by atoms with E-state index >= 15 is 0 Å². The van der Waals surface area contributed by atoms with Gasteiger partial charge in [0.2, 0.25) is 0 Å². The van der Waals surface area contributed by atoms with Crippen molar-refractivity contribution in [2.75, 3.05) is 38.2 Å². The smallest absolute Gasteiger partial charge is 0.253 e. The molecule has 0 aliphatic carbocycles. The van der Waals surface area contributed by atoms with E-state index in [4.69, 9.17) is 4.74 Å². The van der Waals surface area contributed by atoms with Crippen LogP contribution in [0.2, 0.25) is 0 Å². The van der Waals surface area contributed by atoms with Gasteiger partial charge in [0.1, 0.15) is 17.6 Å². The van der Waals surface area contributed by atoms with E-state index in [9.17, 15) is 9.18 Å². The molecule has 3 heterocycles. The van der Waals surface area contributed by atoms with Gasteiger partial charge in [-0.15, -0.1) is 5.10 Å². The highest BCUT2D eigenvalue weighted by Crippen LogP contribution is 2.30. The maximum atomic E-state index is 13.6. The molecular formula is C29H28FN7O2. The van der Waals surface area contributed by atoms with Crippen LogP contribution >= 0.6 is 0 Å². The molecule has 1 atom stereocenters. The van der Waals surface area contributed by atoms with Crippen LogP contribution in [0.25, 0.3) is 10.9 Å². The minimum absolute atomic E-state index is 0.198. The molecule has 0 saturated carbocycles. The first-order chi connectivity index (χ1) is 19.1. The molecule has 0 amide bonds. The quantitative estimate of drug-likeness (QED) is 0.347. The van der Waals surface area contributed by atoms with Crippen LogP contribution in [-0.2, 0) is 6.54 Å². The zero-order valence-electron chi connectivity index (χ0n) is 21.5. The normalized spacial score (nSPS) is 15.0. The number of nitrogens with one attached hydrogen (secondary N) is 1. The van der Waals surface area contributed by atoms with Crippen molar-refractivity contribution in [3.63, 3.8) is 0 Å². The number of halogens is 1. The number of hydrogen-bond donors (Lipinski definition) is 1. The lowest BCUT2D eigenvalue weighted by atomic mass is 10.0. The van der Waals surface area contributed by atoms with Gasteiger partial charge in [0.15, 0.2) is 5.82 Å². The number of ether oxygens (including phenoxy) is 1. The van der Waals surface area contributed by atoms with E-state index in [1.54, 1.807) is 23.9 Å². The molecule has 1 N–H and O–H groups in total. The Labute approximate surface area is 224 Å². The predicted molar refractivity (Wildman–Crippen MR) is 147 cm³/mol. The van der Waals surface area contributed by atoms with E-state index in [-0.39, 0.29) is 11.4 Å². The Morgan fingerprint density at radius 3 is 2.49 bits per heavy atom. The van der Waals surface area contributed by atoms with Gasteiger partial charge in [-0.1, -0.05) is 30.3 Å². The Bertz CT molecular complexity index is 1630. The predicted octanol–water partition coefficient (Wildman–Crippen LogP) is 3.62. The van der Waals surface area contributed by atoms with Crippen molar-refractivity contribution in [3.05, 3.63) is 112 Å². The van der Waals surface area contributed by atoms with Crippen LogP contribution < -0.4 is 15.2 Å². The Morgan fingerprint density at radius 1 is 0.974 bits per heavy atom. The molecule has 9 nitrogen and oxygen atoms in total. The fourth-order valence-corrected chi connectivity index (χ4v) is 5.19. The topological polar surface area (TPSA) is 92.2 Å². The minimum atomic E-state index is -0.464. The van der Waals surface area contributed by atoms with Crippen LogP contribution in [0.3, 0.4) is 0 Å². The molecule has 39 heavy (non-hydrogen) atoms. The molecule has 1 fully saturated rings. The summed E-state index contributed by atoms with van der Waals surface area (Å²) in [6, 6.07) is 23.6. The maximum absolute atomic E-state index is 13.6. The van der Waals surface area contributed by atoms with E-state index < -0.39 is 6.04 Å². The van der Waals surface area contributed by atoms with Gasteiger partial charge in [0.25, 0.3) is 5.56 Å². The van der Waals surface area contributed by atoms with Gasteiger partial charge in [0.05, 0.1) is 19.2 Å². The standard InChI is InChI=1S/C29H28FN7O2/c1-39-24-12-7-21-17-25(29(38)31-26(21)18-24)27(28-32-33-34-37(28)19-20-5-3-2-4-6-20)36-15-13-35(14-16-36)23-10-8-22(30)9-11-23/h2-12,17-18,27H,13-16,19H2,1H3,(H,31,38)/t27-/m1/s1. The van der Waals surface area contributed by atoms with Crippen molar-refractivity contribution < 1.29 is 9.13 Å². The summed E-state index contributed by atoms with van der Waals surface area (Å²) in [5.41, 5.74) is 3.11. The highest BCUT2D eigenvalue weighted by atomic mass is 19.1. The number of hydrogen-bond acceptors (Lipinski definition) is 7. The van der Waals surface area contributed by atoms with E-state index in [1.165, 1.54) is 12.1 Å². The van der Waals surface area contributed by atoms with Gasteiger partial charge in [-0.2, -0.15) is 0 Å². The number of anilines is 1. The van der Waals surface area contributed by atoms with Gasteiger partial charge in [-0.25, -0.2) is 9.07 Å². The Hall–Kier alpha value is -4.57. The lowest BCUT2D eigenvalue weighted by molar-refractivity contribution is 0.200. The van der Waals surface area contributed by atoms with Crippen molar-refractivity contribution in [1.29, 1.82) is 0 Å². The molecule has 0 unspecified atom stereocenters. The number of pyridine rings is 1. The number of H-pyrrole nitrogens is 1. The van der Waals surface area contributed by atoms with Gasteiger partial charge in [0, 0.05) is 43.5 Å². The van der Waals surface area contributed by atoms with E-state index in [0.29, 0.717) is 55.4 Å². The van der Waals surface area contributed by atoms with Gasteiger partial charge >= 0.3 is 0 Å². The van der Waals surface area contributed by atoms with E-state index in [0.717, 1.165) is 16.6 Å². The number of methoxy groups -OCH3 is 1. The van der Waals surface area contributed by atoms with Crippen LogP contribution in [0, 0.1) is 5.82 Å². The summed E-state index contributed by atoms with van der Waals surface area (Å²) >= 11 is 0. The van der Waals surface area contributed by atoms with Crippen LogP contribution in [-0.4, -0.2) is 63.4 Å². The molecule has 2 aromatic heterocycles. The lowest BCUT2D eigenvalue weighted by Crippen LogP contribution is -2.49. The van der Waals surface area contributed by atoms with Crippen LogP contribution in [0.1, 0.15) is 23.0 Å². The first-order valence-corrected chi connectivity index (χ1v) is 12.8. The summed E-state index contributed by atoms with van der Waals surface area (Å²) in [6.45, 7) is 3.24. The third-order valence-electron chi connectivity index (χ3n) is 7.23. The van der Waals surface area contributed by atoms with Gasteiger partial charge in [-0.3, -0.25) is 9.69 Å². The first-order valence-electron chi connectivity index (χ1n) is 12.8. The molecular weight excluding hydrogens is 497 g/mol. The van der Waals surface area contributed by atoms with E-state index in [1.807, 2.05) is 54.6 Å². The zero-order valence-corrected chi connectivity index (χ0v) is 21.5. The summed E-state index contributed by atoms with van der Waals surface area (Å²) in [4.78, 5) is 21.1. The summed E-state index contributed by atoms with van der Waals surface area (Å²) in [6.07, 6.45) is 0. The third-order valence-corrected chi connectivity index (χ3v) is 7.23. The molecule has 10 heteroatoms. The summed E-state index contributed by atoms with van der Waals surface area (Å²) in [5.74, 6) is 1.02. The van der Waals surface area contributed by atoms with Gasteiger partial charge in [-0.05, 0) is 63.8 Å². The number of aromatic nitrogens is 5. The largest absolute Gasteiger partial charge is 0.497 e. The lowest BCUT2D eigenvalue weighted by Gasteiger charge is -2.39. The average molecular weight is 526 g/mol. The van der Waals surface area contributed by atoms with Crippen LogP contribution in [0.15, 0.2) is 83.7 Å². The van der Waals surface area contributed by atoms with Crippen molar-refractivity contribution in [1.82, 2.24) is 30.1 Å². The zero-order chi connectivity index (χ0) is 26.8. The fourth-order valence-electron chi connectivity index (χ4n) is 5.19. The van der Waals surface area contributed by atoms with Crippen LogP contribution in [0.4, 0.5) is 10.1 Å². The molecule has 3 aromatic carbocycles. The monoisotopic (exact) mass is 525 g/mol. The number of fused-ring (bicyclic) bond motifs is 1. The molecule has 1 aliphatic rings. The molecule has 6 rings (SSSR count). The number of tetrazole rings is 1. The molecule has 198 valence electrons. The minimum Gasteiger partial charge on any atom is -0.497 e. The molecule has 0 radical (unpaired) electrons. The number of nitrogens with zero attached hydrogens (tertiary/aromatic N) is 6. The van der Waals surface area contributed by atoms with Crippen LogP contribution in [0.5, 0.6) is 5.75 Å². The summed E-state index contributed by atoms with van der Waals surface area (Å²) < 4.78 is 20.6. The second-order valence-corrected chi connectivity index (χ2v) is 9.59. The number of rotatable bonds is 7. The Kier molecular flexibility index (Phi) is 6.76. The molecule has 1 saturated heterocycles. The summed E-state index contributed by atoms with van der Waals surface area (Å²) in [7, 11) is 1.60. The Morgan fingerprint density at radius 2 is 1.74 bits per heavy atom. The molecule has 0 spiro atoms. The summed E-state index contributed by atoms with van der Waals surface area (Å²) in [5, 5.41) is 13.6. The maximum Gasteiger partial charge on any atom is 0.253 e.